The number of hydrogen-bond acceptors (Lipinski definition) is 6. The Bertz CT molecular complexity index is 862. The molecule has 1 amide bonds. The number of nitrogens with zero attached hydrogens (tertiary/aromatic N) is 3. The van der Waals surface area contributed by atoms with Gasteiger partial charge in [-0.1, -0.05) is 36.0 Å². The first-order valence-corrected chi connectivity index (χ1v) is 10.6. The van der Waals surface area contributed by atoms with Crippen molar-refractivity contribution in [1.82, 2.24) is 14.9 Å². The Balaban J connectivity index is 1.48. The second-order valence-electron chi connectivity index (χ2n) is 6.85. The molecule has 0 N–H and O–H groups in total. The number of aromatic nitrogens is 2. The highest BCUT2D eigenvalue weighted by Gasteiger charge is 2.21. The number of amides is 1. The zero-order valence-corrected chi connectivity index (χ0v) is 17.3. The van der Waals surface area contributed by atoms with Crippen LogP contribution < -0.4 is 0 Å². The molecule has 0 saturated carbocycles. The summed E-state index contributed by atoms with van der Waals surface area (Å²) in [6, 6.07) is 8.12. The molecule has 7 heteroatoms. The van der Waals surface area contributed by atoms with Gasteiger partial charge in [0.2, 0.25) is 0 Å². The average molecular weight is 400 g/mol. The summed E-state index contributed by atoms with van der Waals surface area (Å²) in [4.78, 5) is 35.1. The average Bonchev–Trinajstić information content (AvgIpc) is 2.70. The first-order chi connectivity index (χ1) is 13.5. The minimum absolute atomic E-state index is 0.150. The molecule has 0 spiro atoms. The maximum Gasteiger partial charge on any atom is 0.306 e. The maximum atomic E-state index is 12.4. The van der Waals surface area contributed by atoms with Crippen LogP contribution >= 0.6 is 11.8 Å². The number of thioether (sulfide) groups is 1. The minimum atomic E-state index is -0.376. The lowest BCUT2D eigenvalue weighted by molar-refractivity contribution is -0.152. The smallest absolute Gasteiger partial charge is 0.306 e. The van der Waals surface area contributed by atoms with E-state index in [2.05, 4.69) is 16.0 Å². The highest BCUT2D eigenvalue weighted by atomic mass is 32.2. The number of carbonyl (C=O) groups excluding carboxylic acids is 2. The number of esters is 1. The van der Waals surface area contributed by atoms with Gasteiger partial charge in [-0.15, -0.1) is 0 Å². The third-order valence-electron chi connectivity index (χ3n) is 5.00. The fourth-order valence-corrected chi connectivity index (χ4v) is 3.86. The summed E-state index contributed by atoms with van der Waals surface area (Å²) in [6.45, 7) is 4.87. The van der Waals surface area contributed by atoms with Crippen LogP contribution in [0.2, 0.25) is 0 Å². The first-order valence-electron chi connectivity index (χ1n) is 9.36. The molecule has 1 aliphatic rings. The Morgan fingerprint density at radius 1 is 1.14 bits per heavy atom. The molecule has 0 atom stereocenters. The van der Waals surface area contributed by atoms with Gasteiger partial charge in [0.25, 0.3) is 5.91 Å². The van der Waals surface area contributed by atoms with Gasteiger partial charge in [-0.25, -0.2) is 9.97 Å². The van der Waals surface area contributed by atoms with Crippen LogP contribution in [0.15, 0.2) is 29.4 Å². The Hall–Kier alpha value is -2.41. The fourth-order valence-electron chi connectivity index (χ4n) is 3.40. The molecule has 6 nitrogen and oxygen atoms in total. The number of aryl methyl sites for hydroxylation is 2. The van der Waals surface area contributed by atoms with Crippen LogP contribution in [0.3, 0.4) is 0 Å². The zero-order chi connectivity index (χ0) is 20.1. The van der Waals surface area contributed by atoms with E-state index in [0.717, 1.165) is 34.1 Å². The van der Waals surface area contributed by atoms with E-state index in [1.165, 1.54) is 17.3 Å². The number of rotatable bonds is 6. The highest BCUT2D eigenvalue weighted by Crippen LogP contribution is 2.19. The quantitative estimate of drug-likeness (QED) is 0.423. The van der Waals surface area contributed by atoms with Gasteiger partial charge in [0.05, 0.1) is 0 Å². The maximum absolute atomic E-state index is 12.4. The van der Waals surface area contributed by atoms with E-state index in [0.29, 0.717) is 19.5 Å². The van der Waals surface area contributed by atoms with Gasteiger partial charge in [0.15, 0.2) is 11.8 Å². The molecule has 0 saturated heterocycles. The SMILES string of the molecule is CSc1nc(C)c(CCC(=O)OCC(=O)N2CCc3ccccc3C2)c(C)n1. The summed E-state index contributed by atoms with van der Waals surface area (Å²) >= 11 is 1.49. The summed E-state index contributed by atoms with van der Waals surface area (Å²) < 4.78 is 5.22. The molecule has 0 bridgehead atoms. The summed E-state index contributed by atoms with van der Waals surface area (Å²) in [5.41, 5.74) is 5.17. The Morgan fingerprint density at radius 3 is 2.50 bits per heavy atom. The van der Waals surface area contributed by atoms with E-state index in [4.69, 9.17) is 4.74 Å². The summed E-state index contributed by atoms with van der Waals surface area (Å²) in [7, 11) is 0. The van der Waals surface area contributed by atoms with E-state index < -0.39 is 0 Å². The third kappa shape index (κ3) is 4.90. The van der Waals surface area contributed by atoms with Crippen LogP contribution in [0, 0.1) is 13.8 Å². The van der Waals surface area contributed by atoms with Crippen molar-refractivity contribution in [2.75, 3.05) is 19.4 Å². The largest absolute Gasteiger partial charge is 0.456 e. The van der Waals surface area contributed by atoms with Crippen LogP contribution in [0.5, 0.6) is 0 Å². The Morgan fingerprint density at radius 2 is 1.82 bits per heavy atom. The molecule has 28 heavy (non-hydrogen) atoms. The molecule has 1 aromatic carbocycles. The summed E-state index contributed by atoms with van der Waals surface area (Å²) in [5, 5.41) is 0.732. The van der Waals surface area contributed by atoms with Crippen molar-refractivity contribution >= 4 is 23.6 Å². The predicted octanol–water partition coefficient (Wildman–Crippen LogP) is 2.88. The van der Waals surface area contributed by atoms with Gasteiger partial charge in [-0.05, 0) is 49.6 Å². The van der Waals surface area contributed by atoms with Gasteiger partial charge in [-0.3, -0.25) is 9.59 Å². The van der Waals surface area contributed by atoms with E-state index in [1.807, 2.05) is 38.3 Å². The fraction of sp³-hybridized carbons (Fsp3) is 0.429. The predicted molar refractivity (Wildman–Crippen MR) is 108 cm³/mol. The van der Waals surface area contributed by atoms with Crippen LogP contribution in [0.25, 0.3) is 0 Å². The second kappa shape index (κ2) is 9.19. The van der Waals surface area contributed by atoms with Crippen molar-refractivity contribution in [3.8, 4) is 0 Å². The van der Waals surface area contributed by atoms with E-state index >= 15 is 0 Å². The van der Waals surface area contributed by atoms with Crippen molar-refractivity contribution in [3.63, 3.8) is 0 Å². The van der Waals surface area contributed by atoms with Crippen molar-refractivity contribution in [1.29, 1.82) is 0 Å². The molecule has 1 aliphatic heterocycles. The monoisotopic (exact) mass is 399 g/mol. The number of hydrogen-bond donors (Lipinski definition) is 0. The molecule has 3 rings (SSSR count). The number of benzene rings is 1. The summed E-state index contributed by atoms with van der Waals surface area (Å²) in [5.74, 6) is -0.527. The molecule has 0 fully saturated rings. The van der Waals surface area contributed by atoms with Crippen molar-refractivity contribution in [2.45, 2.75) is 44.8 Å². The van der Waals surface area contributed by atoms with Gasteiger partial charge in [0.1, 0.15) is 0 Å². The molecular weight excluding hydrogens is 374 g/mol. The van der Waals surface area contributed by atoms with Gasteiger partial charge < -0.3 is 9.64 Å². The lowest BCUT2D eigenvalue weighted by atomic mass is 10.00. The molecule has 2 aromatic rings. The first kappa shape index (κ1) is 20.3. The third-order valence-corrected chi connectivity index (χ3v) is 5.55. The number of fused-ring (bicyclic) bond motifs is 1. The standard InChI is InChI=1S/C21H25N3O3S/c1-14-18(15(2)23-21(22-14)28-3)8-9-20(26)27-13-19(25)24-11-10-16-6-4-5-7-17(16)12-24/h4-7H,8-13H2,1-3H3. The lowest BCUT2D eigenvalue weighted by Gasteiger charge is -2.28. The van der Waals surface area contributed by atoms with Crippen molar-refractivity contribution in [2.24, 2.45) is 0 Å². The topological polar surface area (TPSA) is 72.4 Å². The van der Waals surface area contributed by atoms with Gasteiger partial charge >= 0.3 is 5.97 Å². The summed E-state index contributed by atoms with van der Waals surface area (Å²) in [6.07, 6.45) is 3.49. The van der Waals surface area contributed by atoms with E-state index in [-0.39, 0.29) is 24.9 Å². The van der Waals surface area contributed by atoms with Crippen LogP contribution in [0.4, 0.5) is 0 Å². The van der Waals surface area contributed by atoms with Crippen LogP contribution in [0.1, 0.15) is 34.5 Å². The van der Waals surface area contributed by atoms with Crippen molar-refractivity contribution in [3.05, 3.63) is 52.3 Å². The minimum Gasteiger partial charge on any atom is -0.456 e. The molecule has 1 aromatic heterocycles. The molecule has 0 unspecified atom stereocenters. The molecule has 0 radical (unpaired) electrons. The van der Waals surface area contributed by atoms with E-state index in [1.54, 1.807) is 4.90 Å². The molecule has 0 aliphatic carbocycles. The molecule has 2 heterocycles. The van der Waals surface area contributed by atoms with Crippen LogP contribution in [-0.4, -0.2) is 46.2 Å². The lowest BCUT2D eigenvalue weighted by Crippen LogP contribution is -2.38. The van der Waals surface area contributed by atoms with Gasteiger partial charge in [0, 0.05) is 30.9 Å². The zero-order valence-electron chi connectivity index (χ0n) is 16.5. The second-order valence-corrected chi connectivity index (χ2v) is 7.63. The highest BCUT2D eigenvalue weighted by molar-refractivity contribution is 7.98. The van der Waals surface area contributed by atoms with Gasteiger partial charge in [-0.2, -0.15) is 0 Å². The van der Waals surface area contributed by atoms with Crippen molar-refractivity contribution < 1.29 is 14.3 Å². The van der Waals surface area contributed by atoms with E-state index in [9.17, 15) is 9.59 Å². The normalized spacial score (nSPS) is 13.2. The molecular formula is C21H25N3O3S. The Labute approximate surface area is 169 Å². The number of ether oxygens (including phenoxy) is 1. The van der Waals surface area contributed by atoms with Crippen LogP contribution in [-0.2, 0) is 33.7 Å². The number of carbonyl (C=O) groups is 2. The Kier molecular flexibility index (Phi) is 6.67. The molecule has 148 valence electrons.